The molecule has 1 saturated heterocycles. The predicted octanol–water partition coefficient (Wildman–Crippen LogP) is 3.91. The molecule has 0 bridgehead atoms. The monoisotopic (exact) mass is 305 g/mol. The average molecular weight is 305 g/mol. The van der Waals surface area contributed by atoms with Gasteiger partial charge in [0.15, 0.2) is 0 Å². The summed E-state index contributed by atoms with van der Waals surface area (Å²) in [5.74, 6) is 0.759. The Morgan fingerprint density at radius 2 is 1.73 bits per heavy atom. The number of piperidine rings is 1. The zero-order chi connectivity index (χ0) is 15.6. The topological polar surface area (TPSA) is 30.5 Å². The minimum atomic E-state index is 0.421. The van der Waals surface area contributed by atoms with Crippen molar-refractivity contribution < 1.29 is 9.47 Å². The van der Waals surface area contributed by atoms with Crippen LogP contribution >= 0.6 is 0 Å². The SMILES string of the molecule is CCC(C)CCOCc1ccc(COC2CCNCC2)cc1. The molecule has 1 aromatic carbocycles. The van der Waals surface area contributed by atoms with E-state index in [0.29, 0.717) is 12.7 Å². The highest BCUT2D eigenvalue weighted by Crippen LogP contribution is 2.13. The van der Waals surface area contributed by atoms with Gasteiger partial charge < -0.3 is 14.8 Å². The molecule has 1 heterocycles. The minimum Gasteiger partial charge on any atom is -0.377 e. The quantitative estimate of drug-likeness (QED) is 0.702. The highest BCUT2D eigenvalue weighted by atomic mass is 16.5. The maximum Gasteiger partial charge on any atom is 0.0720 e. The van der Waals surface area contributed by atoms with Gasteiger partial charge in [0.05, 0.1) is 19.3 Å². The largest absolute Gasteiger partial charge is 0.377 e. The molecule has 0 spiro atoms. The summed E-state index contributed by atoms with van der Waals surface area (Å²) in [5, 5.41) is 3.36. The first kappa shape index (κ1) is 17.5. The molecule has 1 N–H and O–H groups in total. The smallest absolute Gasteiger partial charge is 0.0720 e. The Morgan fingerprint density at radius 1 is 1.09 bits per heavy atom. The van der Waals surface area contributed by atoms with E-state index >= 15 is 0 Å². The molecule has 0 aromatic heterocycles. The van der Waals surface area contributed by atoms with Crippen LogP contribution in [0.5, 0.6) is 0 Å². The van der Waals surface area contributed by atoms with Crippen molar-refractivity contribution in [2.45, 2.75) is 58.8 Å². The van der Waals surface area contributed by atoms with Gasteiger partial charge >= 0.3 is 0 Å². The Labute approximate surface area is 135 Å². The van der Waals surface area contributed by atoms with Crippen molar-refractivity contribution in [3.63, 3.8) is 0 Å². The minimum absolute atomic E-state index is 0.421. The zero-order valence-electron chi connectivity index (χ0n) is 14.1. The Bertz CT molecular complexity index is 398. The summed E-state index contributed by atoms with van der Waals surface area (Å²) < 4.78 is 11.7. The molecule has 1 aliphatic rings. The summed E-state index contributed by atoms with van der Waals surface area (Å²) in [4.78, 5) is 0. The maximum absolute atomic E-state index is 5.97. The highest BCUT2D eigenvalue weighted by molar-refractivity contribution is 5.21. The number of benzene rings is 1. The van der Waals surface area contributed by atoms with E-state index < -0.39 is 0 Å². The molecule has 1 aliphatic heterocycles. The average Bonchev–Trinajstić information content (AvgIpc) is 2.58. The molecular formula is C19H31NO2. The lowest BCUT2D eigenvalue weighted by Gasteiger charge is -2.23. The number of hydrogen-bond donors (Lipinski definition) is 1. The summed E-state index contributed by atoms with van der Waals surface area (Å²) in [6, 6.07) is 8.64. The fourth-order valence-corrected chi connectivity index (χ4v) is 2.59. The molecule has 1 atom stereocenters. The molecule has 0 radical (unpaired) electrons. The second kappa shape index (κ2) is 9.98. The molecular weight excluding hydrogens is 274 g/mol. The Hall–Kier alpha value is -0.900. The normalized spacial score (nSPS) is 17.5. The van der Waals surface area contributed by atoms with Crippen molar-refractivity contribution in [2.75, 3.05) is 19.7 Å². The fraction of sp³-hybridized carbons (Fsp3) is 0.684. The summed E-state index contributed by atoms with van der Waals surface area (Å²) in [7, 11) is 0. The Balaban J connectivity index is 1.64. The molecule has 22 heavy (non-hydrogen) atoms. The molecule has 1 unspecified atom stereocenters. The van der Waals surface area contributed by atoms with Crippen LogP contribution in [0.25, 0.3) is 0 Å². The van der Waals surface area contributed by atoms with Crippen molar-refractivity contribution in [3.05, 3.63) is 35.4 Å². The number of rotatable bonds is 9. The zero-order valence-corrected chi connectivity index (χ0v) is 14.1. The van der Waals surface area contributed by atoms with E-state index in [-0.39, 0.29) is 0 Å². The fourth-order valence-electron chi connectivity index (χ4n) is 2.59. The molecule has 0 amide bonds. The molecule has 1 fully saturated rings. The van der Waals surface area contributed by atoms with Crippen LogP contribution in [0.3, 0.4) is 0 Å². The van der Waals surface area contributed by atoms with Crippen LogP contribution in [-0.2, 0) is 22.7 Å². The number of nitrogens with one attached hydrogen (secondary N) is 1. The molecule has 0 aliphatic carbocycles. The van der Waals surface area contributed by atoms with Crippen LogP contribution in [-0.4, -0.2) is 25.8 Å². The van der Waals surface area contributed by atoms with Gasteiger partial charge in [-0.15, -0.1) is 0 Å². The first-order valence-corrected chi connectivity index (χ1v) is 8.75. The van der Waals surface area contributed by atoms with Gasteiger partial charge in [-0.3, -0.25) is 0 Å². The van der Waals surface area contributed by atoms with Gasteiger partial charge in [-0.1, -0.05) is 44.5 Å². The van der Waals surface area contributed by atoms with E-state index in [9.17, 15) is 0 Å². The third kappa shape index (κ3) is 6.47. The molecule has 3 nitrogen and oxygen atoms in total. The van der Waals surface area contributed by atoms with Crippen LogP contribution in [0, 0.1) is 5.92 Å². The van der Waals surface area contributed by atoms with Gasteiger partial charge in [0.2, 0.25) is 0 Å². The lowest BCUT2D eigenvalue weighted by molar-refractivity contribution is 0.0212. The second-order valence-electron chi connectivity index (χ2n) is 6.43. The van der Waals surface area contributed by atoms with Gasteiger partial charge in [0.1, 0.15) is 0 Å². The van der Waals surface area contributed by atoms with Gasteiger partial charge in [0, 0.05) is 6.61 Å². The first-order chi connectivity index (χ1) is 10.8. The third-order valence-electron chi connectivity index (χ3n) is 4.52. The van der Waals surface area contributed by atoms with E-state index in [4.69, 9.17) is 9.47 Å². The van der Waals surface area contributed by atoms with Crippen LogP contribution < -0.4 is 5.32 Å². The lowest BCUT2D eigenvalue weighted by atomic mass is 10.1. The summed E-state index contributed by atoms with van der Waals surface area (Å²) in [5.41, 5.74) is 2.50. The van der Waals surface area contributed by atoms with Crippen molar-refractivity contribution in [1.29, 1.82) is 0 Å². The van der Waals surface area contributed by atoms with Gasteiger partial charge in [-0.25, -0.2) is 0 Å². The molecule has 3 heteroatoms. The second-order valence-corrected chi connectivity index (χ2v) is 6.43. The third-order valence-corrected chi connectivity index (χ3v) is 4.52. The van der Waals surface area contributed by atoms with E-state index in [1.54, 1.807) is 0 Å². The van der Waals surface area contributed by atoms with Crippen molar-refractivity contribution in [3.8, 4) is 0 Å². The maximum atomic E-state index is 5.97. The van der Waals surface area contributed by atoms with Crippen LogP contribution in [0.4, 0.5) is 0 Å². The van der Waals surface area contributed by atoms with E-state index in [0.717, 1.165) is 51.5 Å². The van der Waals surface area contributed by atoms with Crippen molar-refractivity contribution >= 4 is 0 Å². The summed E-state index contributed by atoms with van der Waals surface area (Å²) in [6.07, 6.45) is 5.06. The highest BCUT2D eigenvalue weighted by Gasteiger charge is 2.12. The van der Waals surface area contributed by atoms with Crippen LogP contribution in [0.2, 0.25) is 0 Å². The Morgan fingerprint density at radius 3 is 2.36 bits per heavy atom. The van der Waals surface area contributed by atoms with Crippen molar-refractivity contribution in [2.24, 2.45) is 5.92 Å². The van der Waals surface area contributed by atoms with Crippen LogP contribution in [0.1, 0.15) is 50.7 Å². The molecule has 2 rings (SSSR count). The molecule has 124 valence electrons. The Kier molecular flexibility index (Phi) is 7.92. The summed E-state index contributed by atoms with van der Waals surface area (Å²) >= 11 is 0. The number of hydrogen-bond acceptors (Lipinski definition) is 3. The lowest BCUT2D eigenvalue weighted by Crippen LogP contribution is -2.32. The van der Waals surface area contributed by atoms with Crippen LogP contribution in [0.15, 0.2) is 24.3 Å². The standard InChI is InChI=1S/C19H31NO2/c1-3-16(2)10-13-21-14-17-4-6-18(7-5-17)15-22-19-8-11-20-12-9-19/h4-7,16,19-20H,3,8-15H2,1-2H3. The summed E-state index contributed by atoms with van der Waals surface area (Å²) in [6.45, 7) is 8.96. The van der Waals surface area contributed by atoms with E-state index in [2.05, 4.69) is 43.4 Å². The van der Waals surface area contributed by atoms with Crippen molar-refractivity contribution in [1.82, 2.24) is 5.32 Å². The van der Waals surface area contributed by atoms with E-state index in [1.165, 1.54) is 17.5 Å². The molecule has 1 aromatic rings. The number of ether oxygens (including phenoxy) is 2. The predicted molar refractivity (Wildman–Crippen MR) is 90.9 cm³/mol. The first-order valence-electron chi connectivity index (χ1n) is 8.75. The van der Waals surface area contributed by atoms with Gasteiger partial charge in [-0.05, 0) is 49.4 Å². The van der Waals surface area contributed by atoms with Gasteiger partial charge in [0.25, 0.3) is 0 Å². The van der Waals surface area contributed by atoms with Gasteiger partial charge in [-0.2, -0.15) is 0 Å². The van der Waals surface area contributed by atoms with E-state index in [1.807, 2.05) is 0 Å². The molecule has 0 saturated carbocycles.